The highest BCUT2D eigenvalue weighted by Crippen LogP contribution is 2.22. The number of hydrogen-bond donors (Lipinski definition) is 2. The van der Waals surface area contributed by atoms with Gasteiger partial charge in [0.2, 0.25) is 16.0 Å². The Morgan fingerprint density at radius 2 is 1.84 bits per heavy atom. The maximum Gasteiger partial charge on any atom is 0.259 e. The number of carbonyl (C=O) groups is 1. The maximum atomic E-state index is 12.6. The molecule has 2 aromatic rings. The largest absolute Gasteiger partial charge is 0.290 e. The summed E-state index contributed by atoms with van der Waals surface area (Å²) in [6.45, 7) is 3.49. The third-order valence-corrected chi connectivity index (χ3v) is 4.96. The Balaban J connectivity index is 2.50. The van der Waals surface area contributed by atoms with E-state index < -0.39 is 26.7 Å². The third-order valence-electron chi connectivity index (χ3n) is 3.19. The number of carbonyl (C=O) groups excluding carboxylic acids is 1. The normalized spacial score (nSPS) is 12.6. The molecule has 0 aliphatic carbocycles. The highest BCUT2D eigenvalue weighted by atomic mass is 32.2. The summed E-state index contributed by atoms with van der Waals surface area (Å²) in [5.74, 6) is -0.683. The summed E-state index contributed by atoms with van der Waals surface area (Å²) in [5.41, 5.74) is 1.39. The molecule has 10 heteroatoms. The molecule has 8 nitrogen and oxygen atoms in total. The molecular formula is C15H18N4O4S2. The zero-order valence-electron chi connectivity index (χ0n) is 13.9. The van der Waals surface area contributed by atoms with E-state index in [0.717, 1.165) is 0 Å². The minimum absolute atomic E-state index is 0.0348. The van der Waals surface area contributed by atoms with E-state index in [1.165, 1.54) is 24.5 Å². The lowest BCUT2D eigenvalue weighted by molar-refractivity contribution is 0.102. The van der Waals surface area contributed by atoms with Crippen molar-refractivity contribution in [3.05, 3.63) is 46.8 Å². The van der Waals surface area contributed by atoms with Crippen LogP contribution in [0, 0.1) is 13.8 Å². The number of amides is 1. The number of aromatic nitrogens is 2. The molecule has 134 valence electrons. The van der Waals surface area contributed by atoms with Gasteiger partial charge in [-0.05, 0) is 31.5 Å². The molecule has 25 heavy (non-hydrogen) atoms. The van der Waals surface area contributed by atoms with E-state index in [-0.39, 0.29) is 27.7 Å². The van der Waals surface area contributed by atoms with Gasteiger partial charge in [-0.3, -0.25) is 14.3 Å². The van der Waals surface area contributed by atoms with Crippen molar-refractivity contribution in [3.8, 4) is 0 Å². The molecule has 1 atom stereocenters. The first kappa shape index (κ1) is 19.2. The van der Waals surface area contributed by atoms with Crippen molar-refractivity contribution in [2.45, 2.75) is 24.5 Å². The second kappa shape index (κ2) is 7.38. The number of primary sulfonamides is 1. The van der Waals surface area contributed by atoms with Crippen LogP contribution in [0.15, 0.2) is 29.2 Å². The van der Waals surface area contributed by atoms with Crippen LogP contribution in [0.2, 0.25) is 0 Å². The fourth-order valence-electron chi connectivity index (χ4n) is 2.38. The van der Waals surface area contributed by atoms with Gasteiger partial charge in [0.25, 0.3) is 5.91 Å². The second-order valence-electron chi connectivity index (χ2n) is 5.48. The SMILES string of the molecule is Cc1cc(C)nc(NC(=O)c2cccc(CS(C)=O)c2S(N)(=O)=O)n1. The standard InChI is InChI=1S/C15H18N4O4S2/c1-9-7-10(2)18-15(17-9)19-14(20)12-6-4-5-11(8-24(3)21)13(12)25(16,22)23/h4-7H,8H2,1-3H3,(H2,16,22,23)(H,17,18,19,20). The summed E-state index contributed by atoms with van der Waals surface area (Å²) in [6.07, 6.45) is 1.43. The van der Waals surface area contributed by atoms with Crippen molar-refractivity contribution in [2.24, 2.45) is 5.14 Å². The molecule has 1 aromatic carbocycles. The summed E-state index contributed by atoms with van der Waals surface area (Å²) in [6, 6.07) is 6.06. The van der Waals surface area contributed by atoms with E-state index in [4.69, 9.17) is 5.14 Å². The molecule has 0 aliphatic rings. The number of aryl methyl sites for hydroxylation is 2. The molecular weight excluding hydrogens is 364 g/mol. The molecule has 0 aliphatic heterocycles. The van der Waals surface area contributed by atoms with E-state index in [1.54, 1.807) is 19.9 Å². The van der Waals surface area contributed by atoms with Crippen LogP contribution < -0.4 is 10.5 Å². The van der Waals surface area contributed by atoms with Crippen molar-refractivity contribution in [1.29, 1.82) is 0 Å². The van der Waals surface area contributed by atoms with Gasteiger partial charge in [-0.15, -0.1) is 0 Å². The molecule has 0 saturated heterocycles. The highest BCUT2D eigenvalue weighted by Gasteiger charge is 2.24. The monoisotopic (exact) mass is 382 g/mol. The quantitative estimate of drug-likeness (QED) is 0.788. The number of anilines is 1. The smallest absolute Gasteiger partial charge is 0.259 e. The van der Waals surface area contributed by atoms with E-state index >= 15 is 0 Å². The van der Waals surface area contributed by atoms with Gasteiger partial charge in [0.15, 0.2) is 0 Å². The average Bonchev–Trinajstić information content (AvgIpc) is 2.43. The van der Waals surface area contributed by atoms with Gasteiger partial charge < -0.3 is 0 Å². The number of benzene rings is 1. The number of nitrogens with zero attached hydrogens (tertiary/aromatic N) is 2. The zero-order valence-corrected chi connectivity index (χ0v) is 15.6. The molecule has 0 bridgehead atoms. The molecule has 1 amide bonds. The van der Waals surface area contributed by atoms with Gasteiger partial charge >= 0.3 is 0 Å². The van der Waals surface area contributed by atoms with Crippen LogP contribution in [0.3, 0.4) is 0 Å². The van der Waals surface area contributed by atoms with E-state index in [1.807, 2.05) is 0 Å². The van der Waals surface area contributed by atoms with Crippen molar-refractivity contribution in [2.75, 3.05) is 11.6 Å². The molecule has 1 aromatic heterocycles. The topological polar surface area (TPSA) is 132 Å². The van der Waals surface area contributed by atoms with Crippen LogP contribution in [0.25, 0.3) is 0 Å². The van der Waals surface area contributed by atoms with Crippen molar-refractivity contribution < 1.29 is 17.4 Å². The zero-order chi connectivity index (χ0) is 18.8. The summed E-state index contributed by atoms with van der Waals surface area (Å²) in [5, 5.41) is 7.75. The number of hydrogen-bond acceptors (Lipinski definition) is 6. The minimum Gasteiger partial charge on any atom is -0.290 e. The van der Waals surface area contributed by atoms with Crippen molar-refractivity contribution in [3.63, 3.8) is 0 Å². The number of nitrogens with two attached hydrogens (primary N) is 1. The summed E-state index contributed by atoms with van der Waals surface area (Å²) >= 11 is 0. The highest BCUT2D eigenvalue weighted by molar-refractivity contribution is 7.89. The molecule has 0 saturated carbocycles. The Morgan fingerprint density at radius 1 is 1.24 bits per heavy atom. The van der Waals surface area contributed by atoms with Crippen molar-refractivity contribution >= 4 is 32.7 Å². The van der Waals surface area contributed by atoms with E-state index in [0.29, 0.717) is 11.4 Å². The van der Waals surface area contributed by atoms with E-state index in [9.17, 15) is 17.4 Å². The maximum absolute atomic E-state index is 12.6. The van der Waals surface area contributed by atoms with Crippen LogP contribution in [0.1, 0.15) is 27.3 Å². The average molecular weight is 382 g/mol. The fraction of sp³-hybridized carbons (Fsp3) is 0.267. The predicted octanol–water partition coefficient (Wildman–Crippen LogP) is 0.872. The first-order valence-electron chi connectivity index (χ1n) is 7.16. The van der Waals surface area contributed by atoms with E-state index in [2.05, 4.69) is 15.3 Å². The Labute approximate surface area is 148 Å². The lowest BCUT2D eigenvalue weighted by Gasteiger charge is -2.12. The molecule has 2 rings (SSSR count). The van der Waals surface area contributed by atoms with Crippen LogP contribution in [0.4, 0.5) is 5.95 Å². The first-order valence-corrected chi connectivity index (χ1v) is 10.4. The van der Waals surface area contributed by atoms with Gasteiger partial charge in [-0.2, -0.15) is 0 Å². The molecule has 1 unspecified atom stereocenters. The van der Waals surface area contributed by atoms with Crippen LogP contribution in [-0.2, 0) is 26.6 Å². The van der Waals surface area contributed by atoms with Crippen LogP contribution in [0.5, 0.6) is 0 Å². The molecule has 3 N–H and O–H groups in total. The van der Waals surface area contributed by atoms with Crippen LogP contribution in [-0.4, -0.2) is 34.8 Å². The fourth-order valence-corrected chi connectivity index (χ4v) is 4.13. The lowest BCUT2D eigenvalue weighted by atomic mass is 10.1. The van der Waals surface area contributed by atoms with Gasteiger partial charge in [-0.1, -0.05) is 12.1 Å². The Bertz CT molecular complexity index is 938. The van der Waals surface area contributed by atoms with Gasteiger partial charge in [-0.25, -0.2) is 23.5 Å². The third kappa shape index (κ3) is 4.91. The predicted molar refractivity (Wildman–Crippen MR) is 95.0 cm³/mol. The Morgan fingerprint density at radius 3 is 2.36 bits per heavy atom. The number of rotatable bonds is 5. The Kier molecular flexibility index (Phi) is 5.65. The minimum atomic E-state index is -4.20. The Hall–Kier alpha value is -2.17. The molecule has 0 radical (unpaired) electrons. The van der Waals surface area contributed by atoms with Crippen molar-refractivity contribution in [1.82, 2.24) is 9.97 Å². The van der Waals surface area contributed by atoms with Crippen LogP contribution >= 0.6 is 0 Å². The molecule has 0 fully saturated rings. The summed E-state index contributed by atoms with van der Waals surface area (Å²) in [4.78, 5) is 20.4. The lowest BCUT2D eigenvalue weighted by Crippen LogP contribution is -2.23. The summed E-state index contributed by atoms with van der Waals surface area (Å²) in [7, 11) is -5.50. The number of sulfonamides is 1. The first-order chi connectivity index (χ1) is 11.6. The van der Waals surface area contributed by atoms with Gasteiger partial charge in [0.05, 0.1) is 10.5 Å². The molecule has 0 spiro atoms. The number of nitrogens with one attached hydrogen (secondary N) is 1. The van der Waals surface area contributed by atoms with Gasteiger partial charge in [0.1, 0.15) is 0 Å². The molecule has 1 heterocycles. The van der Waals surface area contributed by atoms with Gasteiger partial charge in [0, 0.05) is 34.2 Å². The second-order valence-corrected chi connectivity index (χ2v) is 8.42. The summed E-state index contributed by atoms with van der Waals surface area (Å²) < 4.78 is 35.5.